The first-order chi connectivity index (χ1) is 40.7. The van der Waals surface area contributed by atoms with E-state index in [1.54, 1.807) is 75.4 Å². The van der Waals surface area contributed by atoms with Crippen LogP contribution in [-0.2, 0) is 25.2 Å². The van der Waals surface area contributed by atoms with Crippen LogP contribution in [0.5, 0.6) is 23.0 Å². The Labute approximate surface area is 503 Å². The molecular weight excluding hydrogens is 1140 g/mol. The smallest absolute Gasteiger partial charge is 0.307 e. The van der Waals surface area contributed by atoms with Crippen LogP contribution >= 0.6 is 0 Å². The maximum absolute atomic E-state index is 13.3. The molecule has 27 heteroatoms. The summed E-state index contributed by atoms with van der Waals surface area (Å²) >= 11 is 0. The van der Waals surface area contributed by atoms with Gasteiger partial charge in [-0.1, -0.05) is 6.58 Å². The van der Waals surface area contributed by atoms with Crippen molar-refractivity contribution < 1.29 is 40.6 Å². The molecule has 0 unspecified atom stereocenters. The second-order valence-corrected chi connectivity index (χ2v) is 25.1. The molecule has 25 nitrogen and oxygen atoms in total. The lowest BCUT2D eigenvalue weighted by Crippen LogP contribution is -2.29. The quantitative estimate of drug-likeness (QED) is 0.0340. The molecule has 8 aromatic rings. The molecule has 4 heterocycles. The van der Waals surface area contributed by atoms with E-state index in [1.165, 1.54) is 56.4 Å². The first kappa shape index (κ1) is 64.8. The number of nitrogens with one attached hydrogen (secondary N) is 3. The van der Waals surface area contributed by atoms with Crippen LogP contribution in [0.4, 0.5) is 46.0 Å². The van der Waals surface area contributed by atoms with Crippen LogP contribution in [0.2, 0.25) is 0 Å². The van der Waals surface area contributed by atoms with Gasteiger partial charge in [-0.25, -0.2) is 27.9 Å². The number of amides is 1. The van der Waals surface area contributed by atoms with Gasteiger partial charge in [0.1, 0.15) is 23.0 Å². The molecule has 4 aromatic carbocycles. The summed E-state index contributed by atoms with van der Waals surface area (Å²) in [5.74, 6) is 2.34. The molecule has 0 aliphatic carbocycles. The number of nitrogen functional groups attached to an aromatic ring is 1. The van der Waals surface area contributed by atoms with Crippen molar-refractivity contribution in [1.29, 1.82) is 0 Å². The third-order valence-corrected chi connectivity index (χ3v) is 17.5. The maximum atomic E-state index is 13.3. The molecule has 0 saturated carbocycles. The molecule has 8 rings (SSSR count). The molecule has 0 saturated heterocycles. The van der Waals surface area contributed by atoms with Crippen molar-refractivity contribution in [2.45, 2.75) is 13.8 Å². The molecule has 86 heavy (non-hydrogen) atoms. The molecule has 0 bridgehead atoms. The monoisotopic (exact) mass is 1220 g/mol. The van der Waals surface area contributed by atoms with Gasteiger partial charge in [-0.3, -0.25) is 4.79 Å². The number of carbonyl (C=O) groups is 1. The number of nitrogens with two attached hydrogens (primary N) is 1. The Kier molecular flexibility index (Phi) is 20.4. The van der Waals surface area contributed by atoms with Gasteiger partial charge < -0.3 is 60.2 Å². The normalized spacial score (nSPS) is 11.7. The van der Waals surface area contributed by atoms with Crippen LogP contribution in [-0.4, -0.2) is 194 Å². The van der Waals surface area contributed by atoms with E-state index >= 15 is 0 Å². The van der Waals surface area contributed by atoms with Gasteiger partial charge in [-0.05, 0) is 95.6 Å². The summed E-state index contributed by atoms with van der Waals surface area (Å²) < 4.78 is 79.9. The fraction of sp³-hybridized carbons (Fsp3) is 0.339. The van der Waals surface area contributed by atoms with Crippen LogP contribution < -0.4 is 50.4 Å². The second kappa shape index (κ2) is 27.1. The number of fused-ring (bicyclic) bond motifs is 2. The van der Waals surface area contributed by atoms with Crippen LogP contribution in [0.1, 0.15) is 11.1 Å². The third kappa shape index (κ3) is 14.2. The van der Waals surface area contributed by atoms with Crippen molar-refractivity contribution >= 4 is 94.2 Å². The Morgan fingerprint density at radius 3 is 1.40 bits per heavy atom. The average Bonchev–Trinajstić information content (AvgIpc) is 2.27. The summed E-state index contributed by atoms with van der Waals surface area (Å²) in [5.41, 5.74) is 15.1. The molecule has 0 atom stereocenters. The van der Waals surface area contributed by atoms with Gasteiger partial charge in [0, 0.05) is 139 Å². The number of anilines is 8. The number of methoxy groups -OCH3 is 4. The first-order valence-corrected chi connectivity index (χ1v) is 29.8. The van der Waals surface area contributed by atoms with E-state index in [4.69, 9.17) is 34.6 Å². The minimum atomic E-state index is -3.86. The summed E-state index contributed by atoms with van der Waals surface area (Å²) in [6.07, 6.45) is 7.69. The summed E-state index contributed by atoms with van der Waals surface area (Å²) in [6.45, 7) is 10.5. The molecule has 0 fully saturated rings. The molecule has 1 amide bonds. The second-order valence-electron chi connectivity index (χ2n) is 21.0. The number of benzene rings is 4. The van der Waals surface area contributed by atoms with Crippen molar-refractivity contribution in [2.24, 2.45) is 0 Å². The first-order valence-electron chi connectivity index (χ1n) is 27.0. The highest BCUT2D eigenvalue weighted by molar-refractivity contribution is 7.88. The number of likely N-dealkylation sites (N-methyl/N-ethyl adjacent to an activating group) is 4. The topological polar surface area (TPSA) is 265 Å². The summed E-state index contributed by atoms with van der Waals surface area (Å²) in [5, 5.41) is 10.7. The Balaban J connectivity index is 0.000000247. The predicted octanol–water partition coefficient (Wildman–Crippen LogP) is 7.35. The number of aromatic nitrogens is 6. The minimum Gasteiger partial charge on any atom is -0.497 e. The van der Waals surface area contributed by atoms with Crippen molar-refractivity contribution in [3.05, 3.63) is 109 Å². The average molecular weight is 1220 g/mol. The molecule has 0 spiro atoms. The fourth-order valence-electron chi connectivity index (χ4n) is 9.07. The molecule has 4 aromatic heterocycles. The summed E-state index contributed by atoms with van der Waals surface area (Å²) in [4.78, 5) is 39.2. The fourth-order valence-corrected chi connectivity index (χ4v) is 11.1. The third-order valence-electron chi connectivity index (χ3n) is 14.0. The van der Waals surface area contributed by atoms with E-state index in [0.717, 1.165) is 50.7 Å². The highest BCUT2D eigenvalue weighted by Gasteiger charge is 2.27. The van der Waals surface area contributed by atoms with Gasteiger partial charge in [0.15, 0.2) is 0 Å². The van der Waals surface area contributed by atoms with Gasteiger partial charge in [0.2, 0.25) is 17.8 Å². The lowest BCUT2D eigenvalue weighted by molar-refractivity contribution is -0.111. The Morgan fingerprint density at radius 1 is 0.581 bits per heavy atom. The zero-order chi connectivity index (χ0) is 63.1. The van der Waals surface area contributed by atoms with Gasteiger partial charge in [0.25, 0.3) is 0 Å². The van der Waals surface area contributed by atoms with Gasteiger partial charge in [-0.15, -0.1) is 0 Å². The van der Waals surface area contributed by atoms with Gasteiger partial charge in [-0.2, -0.15) is 25.4 Å². The minimum absolute atomic E-state index is 0.244. The van der Waals surface area contributed by atoms with Crippen LogP contribution in [0.15, 0.2) is 98.1 Å². The maximum Gasteiger partial charge on any atom is 0.307 e. The van der Waals surface area contributed by atoms with Crippen LogP contribution in [0.25, 0.3) is 44.3 Å². The van der Waals surface area contributed by atoms with Crippen LogP contribution in [0.3, 0.4) is 0 Å². The zero-order valence-corrected chi connectivity index (χ0v) is 53.3. The predicted molar refractivity (Wildman–Crippen MR) is 344 cm³/mol. The van der Waals surface area contributed by atoms with E-state index in [9.17, 15) is 21.6 Å². The number of hydrogen-bond donors (Lipinski definition) is 4. The number of nitrogens with zero attached hydrogens (tertiary/aromatic N) is 12. The van der Waals surface area contributed by atoms with Gasteiger partial charge >= 0.3 is 20.4 Å². The Hall–Kier alpha value is -8.73. The van der Waals surface area contributed by atoms with Crippen molar-refractivity contribution in [1.82, 2.24) is 46.3 Å². The number of aryl methyl sites for hydroxylation is 2. The number of hydrogen-bond acceptors (Lipinski definition) is 20. The van der Waals surface area contributed by atoms with Crippen LogP contribution in [0, 0.1) is 13.8 Å². The van der Waals surface area contributed by atoms with E-state index in [0.29, 0.717) is 103 Å². The summed E-state index contributed by atoms with van der Waals surface area (Å²) in [6, 6.07) is 17.8. The van der Waals surface area contributed by atoms with E-state index < -0.39 is 20.4 Å². The molecule has 0 aliphatic heterocycles. The van der Waals surface area contributed by atoms with Crippen molar-refractivity contribution in [3.8, 4) is 45.5 Å². The number of carbonyl (C=O) groups excluding carboxylic acids is 1. The Morgan fingerprint density at radius 2 is 1.00 bits per heavy atom. The SMILES string of the molecule is C=CC(=O)Nc1cc(Nc2ncc(C)c(-c3cn(S(=O)(=O)N(C)C)c4cc(OC)ccc34)n2)c(OC)cc1N(C)CCN(C)C.COc1ccc2c(-c3nc(Nc4cc(N)c(N(C)CCN(C)C)cc4OC)ncc3C)cn(S(=O)(=O)N(C)C)c2c1. The summed E-state index contributed by atoms with van der Waals surface area (Å²) in [7, 11) is 16.4. The molecule has 0 aliphatic rings. The largest absolute Gasteiger partial charge is 0.497 e. The number of rotatable bonds is 24. The molecule has 0 radical (unpaired) electrons. The molecule has 5 N–H and O–H groups in total. The van der Waals surface area contributed by atoms with E-state index in [2.05, 4.69) is 47.2 Å². The highest BCUT2D eigenvalue weighted by atomic mass is 32.2. The lowest BCUT2D eigenvalue weighted by Gasteiger charge is -2.26. The van der Waals surface area contributed by atoms with Gasteiger partial charge in [0.05, 0.1) is 85.0 Å². The van der Waals surface area contributed by atoms with E-state index in [1.807, 2.05) is 85.3 Å². The van der Waals surface area contributed by atoms with Crippen molar-refractivity contribution in [2.75, 3.05) is 157 Å². The highest BCUT2D eigenvalue weighted by Crippen LogP contribution is 2.41. The van der Waals surface area contributed by atoms with E-state index in [-0.39, 0.29) is 11.9 Å². The number of ether oxygens (including phenoxy) is 4. The standard InChI is InChI=1S/C31H40N8O5S.C28H38N8O4S/c1-10-29(40)33-24-16-25(28(44-9)17-27(24)38(7)14-13-36(3)4)34-31-32-18-20(2)30(35-31)23-19-39(45(41,42)37(5)6)26-15-21(43-8)11-12-22(23)26;1-18-16-30-28(31-23-14-22(29)25(15-26(23)40-8)35(6)12-11-33(2)3)32-27(18)21-17-36(41(37,38)34(4)5)24-13-19(39-7)9-10-20(21)24/h10-12,15-19H,1,13-14H2,2-9H3,(H,33,40)(H,32,34,35);9-10,13-17H,11-12,29H2,1-8H3,(H,30,31,32). The zero-order valence-electron chi connectivity index (χ0n) is 51.6. The lowest BCUT2D eigenvalue weighted by atomic mass is 10.1. The molecular formula is C59H78N16O9S2. The Bertz CT molecular complexity index is 4020. The van der Waals surface area contributed by atoms with Crippen molar-refractivity contribution in [3.63, 3.8) is 0 Å². The molecule has 460 valence electrons.